The summed E-state index contributed by atoms with van der Waals surface area (Å²) >= 11 is 0. The van der Waals surface area contributed by atoms with Crippen LogP contribution in [0.25, 0.3) is 10.8 Å². The fourth-order valence-corrected chi connectivity index (χ4v) is 2.65. The summed E-state index contributed by atoms with van der Waals surface area (Å²) in [6.45, 7) is 6.79. The summed E-state index contributed by atoms with van der Waals surface area (Å²) in [4.78, 5) is 4.17. The van der Waals surface area contributed by atoms with Crippen LogP contribution in [0.2, 0.25) is 0 Å². The van der Waals surface area contributed by atoms with E-state index < -0.39 is 0 Å². The molecule has 1 unspecified atom stereocenters. The number of nitrogens with zero attached hydrogens (tertiary/aromatic N) is 1. The van der Waals surface area contributed by atoms with Crippen molar-refractivity contribution < 1.29 is 0 Å². The van der Waals surface area contributed by atoms with Gasteiger partial charge in [0.15, 0.2) is 0 Å². The fourth-order valence-electron chi connectivity index (χ4n) is 2.65. The van der Waals surface area contributed by atoms with Gasteiger partial charge in [-0.25, -0.2) is 0 Å². The summed E-state index contributed by atoms with van der Waals surface area (Å²) in [6, 6.07) is 8.54. The number of hydrogen-bond donors (Lipinski definition) is 1. The normalized spacial score (nSPS) is 21.1. The molecule has 3 rings (SSSR count). The fraction of sp³-hybridized carbons (Fsp3) is 0.438. The van der Waals surface area contributed by atoms with Gasteiger partial charge in [-0.15, -0.1) is 0 Å². The predicted octanol–water partition coefficient (Wildman–Crippen LogP) is 3.37. The molecule has 18 heavy (non-hydrogen) atoms. The molecule has 0 aliphatic heterocycles. The average molecular weight is 240 g/mol. The Kier molecular flexibility index (Phi) is 2.83. The van der Waals surface area contributed by atoms with E-state index in [-0.39, 0.29) is 0 Å². The molecule has 1 saturated carbocycles. The maximum absolute atomic E-state index is 4.17. The highest BCUT2D eigenvalue weighted by molar-refractivity contribution is 5.84. The SMILES string of the molecule is CC1(C)CC1CNCc1cccc2cnccc12. The van der Waals surface area contributed by atoms with Crippen molar-refractivity contribution in [3.05, 3.63) is 42.2 Å². The molecule has 2 nitrogen and oxygen atoms in total. The lowest BCUT2D eigenvalue weighted by atomic mass is 10.1. The van der Waals surface area contributed by atoms with E-state index in [4.69, 9.17) is 0 Å². The lowest BCUT2D eigenvalue weighted by Crippen LogP contribution is -2.18. The molecule has 2 aromatic rings. The first kappa shape index (κ1) is 11.7. The van der Waals surface area contributed by atoms with Crippen molar-refractivity contribution >= 4 is 10.8 Å². The highest BCUT2D eigenvalue weighted by Crippen LogP contribution is 2.50. The molecule has 1 N–H and O–H groups in total. The van der Waals surface area contributed by atoms with Crippen molar-refractivity contribution in [1.82, 2.24) is 10.3 Å². The van der Waals surface area contributed by atoms with Gasteiger partial charge in [0.1, 0.15) is 0 Å². The second-order valence-electron chi connectivity index (χ2n) is 6.03. The Morgan fingerprint density at radius 1 is 1.33 bits per heavy atom. The highest BCUT2D eigenvalue weighted by Gasteiger charge is 2.44. The van der Waals surface area contributed by atoms with Gasteiger partial charge < -0.3 is 5.32 Å². The van der Waals surface area contributed by atoms with E-state index in [2.05, 4.69) is 48.4 Å². The molecule has 0 spiro atoms. The molecular weight excluding hydrogens is 220 g/mol. The molecule has 1 heterocycles. The second-order valence-corrected chi connectivity index (χ2v) is 6.03. The molecule has 0 amide bonds. The molecule has 1 aromatic carbocycles. The minimum atomic E-state index is 0.565. The maximum Gasteiger partial charge on any atom is 0.0346 e. The Bertz CT molecular complexity index is 555. The molecule has 1 aliphatic rings. The predicted molar refractivity (Wildman–Crippen MR) is 75.3 cm³/mol. The summed E-state index contributed by atoms with van der Waals surface area (Å²) in [6.07, 6.45) is 5.16. The third kappa shape index (κ3) is 2.25. The van der Waals surface area contributed by atoms with Gasteiger partial charge in [0.05, 0.1) is 0 Å². The topological polar surface area (TPSA) is 24.9 Å². The summed E-state index contributed by atoms with van der Waals surface area (Å²) < 4.78 is 0. The molecule has 0 saturated heterocycles. The number of aromatic nitrogens is 1. The Morgan fingerprint density at radius 3 is 2.94 bits per heavy atom. The van der Waals surface area contributed by atoms with E-state index in [1.165, 1.54) is 22.8 Å². The van der Waals surface area contributed by atoms with Crippen molar-refractivity contribution in [1.29, 1.82) is 0 Å². The zero-order chi connectivity index (χ0) is 12.6. The van der Waals surface area contributed by atoms with Crippen LogP contribution in [0, 0.1) is 11.3 Å². The quantitative estimate of drug-likeness (QED) is 0.886. The maximum atomic E-state index is 4.17. The Balaban J connectivity index is 1.68. The van der Waals surface area contributed by atoms with Crippen molar-refractivity contribution in [2.45, 2.75) is 26.8 Å². The number of nitrogens with one attached hydrogen (secondary N) is 1. The van der Waals surface area contributed by atoms with Gasteiger partial charge in [-0.05, 0) is 41.3 Å². The van der Waals surface area contributed by atoms with Gasteiger partial charge in [-0.2, -0.15) is 0 Å². The van der Waals surface area contributed by atoms with Gasteiger partial charge in [-0.3, -0.25) is 4.98 Å². The first-order valence-electron chi connectivity index (χ1n) is 6.69. The number of rotatable bonds is 4. The standard InChI is InChI=1S/C16H20N2/c1-16(2)8-14(16)11-18-10-13-5-3-4-12-9-17-7-6-15(12)13/h3-7,9,14,18H,8,10-11H2,1-2H3. The summed E-state index contributed by atoms with van der Waals surface area (Å²) in [5.41, 5.74) is 1.93. The van der Waals surface area contributed by atoms with E-state index in [0.717, 1.165) is 19.0 Å². The molecular formula is C16H20N2. The van der Waals surface area contributed by atoms with Gasteiger partial charge >= 0.3 is 0 Å². The molecule has 0 radical (unpaired) electrons. The third-order valence-corrected chi connectivity index (χ3v) is 4.19. The number of fused-ring (bicyclic) bond motifs is 1. The van der Waals surface area contributed by atoms with E-state index in [1.54, 1.807) is 0 Å². The van der Waals surface area contributed by atoms with Gasteiger partial charge in [0.2, 0.25) is 0 Å². The largest absolute Gasteiger partial charge is 0.312 e. The van der Waals surface area contributed by atoms with Crippen LogP contribution in [0.3, 0.4) is 0 Å². The Morgan fingerprint density at radius 2 is 2.17 bits per heavy atom. The second kappa shape index (κ2) is 4.36. The van der Waals surface area contributed by atoms with Crippen molar-refractivity contribution in [3.8, 4) is 0 Å². The van der Waals surface area contributed by atoms with E-state index >= 15 is 0 Å². The third-order valence-electron chi connectivity index (χ3n) is 4.19. The number of hydrogen-bond acceptors (Lipinski definition) is 2. The lowest BCUT2D eigenvalue weighted by molar-refractivity contribution is 0.520. The van der Waals surface area contributed by atoms with Gasteiger partial charge in [-0.1, -0.05) is 32.0 Å². The van der Waals surface area contributed by atoms with Crippen LogP contribution in [0.5, 0.6) is 0 Å². The molecule has 1 aliphatic carbocycles. The number of benzene rings is 1. The van der Waals surface area contributed by atoms with Crippen LogP contribution >= 0.6 is 0 Å². The molecule has 0 bridgehead atoms. The molecule has 1 atom stereocenters. The van der Waals surface area contributed by atoms with Crippen LogP contribution < -0.4 is 5.32 Å². The zero-order valence-electron chi connectivity index (χ0n) is 11.1. The van der Waals surface area contributed by atoms with E-state index in [1.807, 2.05) is 12.4 Å². The van der Waals surface area contributed by atoms with Crippen LogP contribution in [0.15, 0.2) is 36.7 Å². The van der Waals surface area contributed by atoms with Gasteiger partial charge in [0, 0.05) is 24.3 Å². The summed E-state index contributed by atoms with van der Waals surface area (Å²) in [7, 11) is 0. The van der Waals surface area contributed by atoms with E-state index in [9.17, 15) is 0 Å². The Hall–Kier alpha value is -1.41. The van der Waals surface area contributed by atoms with Crippen molar-refractivity contribution in [3.63, 3.8) is 0 Å². The highest BCUT2D eigenvalue weighted by atomic mass is 14.9. The smallest absolute Gasteiger partial charge is 0.0346 e. The Labute approximate surface area is 108 Å². The lowest BCUT2D eigenvalue weighted by Gasteiger charge is -2.09. The van der Waals surface area contributed by atoms with Crippen LogP contribution in [-0.4, -0.2) is 11.5 Å². The van der Waals surface area contributed by atoms with Gasteiger partial charge in [0.25, 0.3) is 0 Å². The van der Waals surface area contributed by atoms with E-state index in [0.29, 0.717) is 5.41 Å². The monoisotopic (exact) mass is 240 g/mol. The minimum absolute atomic E-state index is 0.565. The first-order valence-corrected chi connectivity index (χ1v) is 6.69. The van der Waals surface area contributed by atoms with Crippen LogP contribution in [0.4, 0.5) is 0 Å². The number of pyridine rings is 1. The van der Waals surface area contributed by atoms with Crippen LogP contribution in [-0.2, 0) is 6.54 Å². The molecule has 1 aromatic heterocycles. The summed E-state index contributed by atoms with van der Waals surface area (Å²) in [5, 5.41) is 6.13. The van der Waals surface area contributed by atoms with Crippen LogP contribution in [0.1, 0.15) is 25.8 Å². The van der Waals surface area contributed by atoms with Crippen molar-refractivity contribution in [2.75, 3.05) is 6.54 Å². The zero-order valence-corrected chi connectivity index (χ0v) is 11.1. The average Bonchev–Trinajstić information content (AvgIpc) is 2.97. The molecule has 2 heteroatoms. The summed E-state index contributed by atoms with van der Waals surface area (Å²) in [5.74, 6) is 0.856. The first-order chi connectivity index (χ1) is 8.67. The minimum Gasteiger partial charge on any atom is -0.312 e. The van der Waals surface area contributed by atoms with Crippen molar-refractivity contribution in [2.24, 2.45) is 11.3 Å². The molecule has 1 fully saturated rings. The molecule has 94 valence electrons.